The number of benzene rings is 2. The van der Waals surface area contributed by atoms with Gasteiger partial charge in [0, 0.05) is 31.3 Å². The summed E-state index contributed by atoms with van der Waals surface area (Å²) in [4.78, 5) is 26.9. The molecule has 0 aromatic heterocycles. The van der Waals surface area contributed by atoms with Crippen LogP contribution in [0.2, 0.25) is 5.02 Å². The lowest BCUT2D eigenvalue weighted by Gasteiger charge is -2.32. The summed E-state index contributed by atoms with van der Waals surface area (Å²) < 4.78 is 11.1. The number of halogens is 1. The summed E-state index contributed by atoms with van der Waals surface area (Å²) in [7, 11) is 0. The number of fused-ring (bicyclic) bond motifs is 1. The average molecular weight is 429 g/mol. The van der Waals surface area contributed by atoms with Gasteiger partial charge in [0.05, 0.1) is 10.6 Å². The molecule has 6 nitrogen and oxygen atoms in total. The number of nitrogens with zero attached hydrogens (tertiary/aromatic N) is 1. The van der Waals surface area contributed by atoms with E-state index in [0.29, 0.717) is 66.4 Å². The quantitative estimate of drug-likeness (QED) is 0.767. The molecule has 0 radical (unpaired) electrons. The van der Waals surface area contributed by atoms with Crippen LogP contribution in [-0.2, 0) is 4.79 Å². The first-order valence-corrected chi connectivity index (χ1v) is 10.7. The van der Waals surface area contributed by atoms with E-state index < -0.39 is 0 Å². The highest BCUT2D eigenvalue weighted by atomic mass is 35.5. The van der Waals surface area contributed by atoms with Gasteiger partial charge in [0.1, 0.15) is 13.2 Å². The minimum absolute atomic E-state index is 0.0127. The van der Waals surface area contributed by atoms with E-state index in [9.17, 15) is 9.59 Å². The Hall–Kier alpha value is -2.73. The van der Waals surface area contributed by atoms with Crippen molar-refractivity contribution in [3.63, 3.8) is 0 Å². The maximum absolute atomic E-state index is 12.7. The SMILES string of the molecule is O=C(CCC1CCN(C(=O)c2ccccc2Cl)CC1)Nc1ccc2c(c1)OCCO2. The second-order valence-electron chi connectivity index (χ2n) is 7.66. The molecule has 0 saturated carbocycles. The predicted octanol–water partition coefficient (Wildman–Crippen LogP) is 4.38. The summed E-state index contributed by atoms with van der Waals surface area (Å²) in [6.45, 7) is 2.45. The third kappa shape index (κ3) is 4.87. The fraction of sp³-hybridized carbons (Fsp3) is 0.391. The van der Waals surface area contributed by atoms with Crippen molar-refractivity contribution in [1.82, 2.24) is 4.90 Å². The van der Waals surface area contributed by atoms with Gasteiger partial charge in [0.2, 0.25) is 5.91 Å². The Morgan fingerprint density at radius 3 is 2.53 bits per heavy atom. The molecule has 1 N–H and O–H groups in total. The van der Waals surface area contributed by atoms with Crippen molar-refractivity contribution < 1.29 is 19.1 Å². The van der Waals surface area contributed by atoms with Crippen LogP contribution in [0, 0.1) is 5.92 Å². The number of amides is 2. The molecule has 0 spiro atoms. The van der Waals surface area contributed by atoms with E-state index >= 15 is 0 Å². The van der Waals surface area contributed by atoms with E-state index in [1.54, 1.807) is 18.2 Å². The van der Waals surface area contributed by atoms with Crippen LogP contribution in [0.5, 0.6) is 11.5 Å². The van der Waals surface area contributed by atoms with Crippen LogP contribution in [0.25, 0.3) is 0 Å². The maximum Gasteiger partial charge on any atom is 0.255 e. The number of carbonyl (C=O) groups excluding carboxylic acids is 2. The van der Waals surface area contributed by atoms with Gasteiger partial charge in [-0.15, -0.1) is 0 Å². The summed E-state index contributed by atoms with van der Waals surface area (Å²) in [5.74, 6) is 1.77. The highest BCUT2D eigenvalue weighted by Gasteiger charge is 2.25. The summed E-state index contributed by atoms with van der Waals surface area (Å²) in [6, 6.07) is 12.6. The van der Waals surface area contributed by atoms with Crippen molar-refractivity contribution >= 4 is 29.1 Å². The van der Waals surface area contributed by atoms with Crippen LogP contribution in [0.15, 0.2) is 42.5 Å². The Morgan fingerprint density at radius 2 is 1.77 bits per heavy atom. The van der Waals surface area contributed by atoms with Gasteiger partial charge in [0.15, 0.2) is 11.5 Å². The molecule has 2 heterocycles. The van der Waals surface area contributed by atoms with Gasteiger partial charge in [-0.1, -0.05) is 23.7 Å². The highest BCUT2D eigenvalue weighted by Crippen LogP contribution is 2.33. The Labute approximate surface area is 181 Å². The largest absolute Gasteiger partial charge is 0.486 e. The molecular weight excluding hydrogens is 404 g/mol. The van der Waals surface area contributed by atoms with Crippen LogP contribution >= 0.6 is 11.6 Å². The second kappa shape index (κ2) is 9.39. The number of piperidine rings is 1. The Bertz CT molecular complexity index is 925. The molecule has 0 aliphatic carbocycles. The number of carbonyl (C=O) groups is 2. The fourth-order valence-electron chi connectivity index (χ4n) is 3.91. The molecule has 7 heteroatoms. The molecule has 0 atom stereocenters. The van der Waals surface area contributed by atoms with E-state index in [2.05, 4.69) is 5.32 Å². The van der Waals surface area contributed by atoms with Gasteiger partial charge < -0.3 is 19.7 Å². The second-order valence-corrected chi connectivity index (χ2v) is 8.07. The lowest BCUT2D eigenvalue weighted by molar-refractivity contribution is -0.116. The van der Waals surface area contributed by atoms with Crippen LogP contribution in [0.3, 0.4) is 0 Å². The number of ether oxygens (including phenoxy) is 2. The number of nitrogens with one attached hydrogen (secondary N) is 1. The summed E-state index contributed by atoms with van der Waals surface area (Å²) in [5, 5.41) is 3.42. The first kappa shape index (κ1) is 20.5. The molecule has 2 aliphatic rings. The zero-order chi connectivity index (χ0) is 20.9. The fourth-order valence-corrected chi connectivity index (χ4v) is 4.13. The maximum atomic E-state index is 12.7. The van der Waals surface area contributed by atoms with E-state index in [4.69, 9.17) is 21.1 Å². The molecule has 2 aromatic carbocycles. The number of rotatable bonds is 5. The first-order valence-electron chi connectivity index (χ1n) is 10.3. The van der Waals surface area contributed by atoms with E-state index in [0.717, 1.165) is 19.3 Å². The molecule has 2 amide bonds. The number of anilines is 1. The van der Waals surface area contributed by atoms with Crippen LogP contribution in [0.1, 0.15) is 36.0 Å². The van der Waals surface area contributed by atoms with Crippen molar-refractivity contribution in [3.05, 3.63) is 53.1 Å². The normalized spacial score (nSPS) is 16.2. The molecule has 1 saturated heterocycles. The monoisotopic (exact) mass is 428 g/mol. The topological polar surface area (TPSA) is 67.9 Å². The van der Waals surface area contributed by atoms with Gasteiger partial charge in [0.25, 0.3) is 5.91 Å². The van der Waals surface area contributed by atoms with Gasteiger partial charge in [-0.05, 0) is 49.4 Å². The molecule has 158 valence electrons. The van der Waals surface area contributed by atoms with Crippen molar-refractivity contribution in [2.45, 2.75) is 25.7 Å². The molecule has 0 bridgehead atoms. The van der Waals surface area contributed by atoms with Crippen molar-refractivity contribution in [3.8, 4) is 11.5 Å². The molecule has 4 rings (SSSR count). The van der Waals surface area contributed by atoms with Crippen LogP contribution < -0.4 is 14.8 Å². The van der Waals surface area contributed by atoms with E-state index in [-0.39, 0.29) is 11.8 Å². The summed E-state index contributed by atoms with van der Waals surface area (Å²) >= 11 is 6.15. The highest BCUT2D eigenvalue weighted by molar-refractivity contribution is 6.33. The number of hydrogen-bond acceptors (Lipinski definition) is 4. The Morgan fingerprint density at radius 1 is 1.03 bits per heavy atom. The predicted molar refractivity (Wildman–Crippen MR) is 115 cm³/mol. The first-order chi connectivity index (χ1) is 14.6. The van der Waals surface area contributed by atoms with Crippen molar-refractivity contribution in [2.75, 3.05) is 31.6 Å². The van der Waals surface area contributed by atoms with Gasteiger partial charge in [-0.25, -0.2) is 0 Å². The van der Waals surface area contributed by atoms with Crippen molar-refractivity contribution in [2.24, 2.45) is 5.92 Å². The van der Waals surface area contributed by atoms with Crippen LogP contribution in [-0.4, -0.2) is 43.0 Å². The third-order valence-corrected chi connectivity index (χ3v) is 5.94. The molecule has 0 unspecified atom stereocenters. The van der Waals surface area contributed by atoms with Crippen molar-refractivity contribution in [1.29, 1.82) is 0 Å². The zero-order valence-electron chi connectivity index (χ0n) is 16.7. The number of hydrogen-bond donors (Lipinski definition) is 1. The third-order valence-electron chi connectivity index (χ3n) is 5.61. The molecular formula is C23H25ClN2O4. The molecule has 2 aromatic rings. The Balaban J connectivity index is 1.22. The Kier molecular flexibility index (Phi) is 6.43. The average Bonchev–Trinajstić information content (AvgIpc) is 2.78. The standard InChI is InChI=1S/C23H25ClN2O4/c24-19-4-2-1-3-18(19)23(28)26-11-9-16(10-12-26)5-8-22(27)25-17-6-7-20-21(15-17)30-14-13-29-20/h1-4,6-7,15-16H,5,8-14H2,(H,25,27). The lowest BCUT2D eigenvalue weighted by Crippen LogP contribution is -2.38. The van der Waals surface area contributed by atoms with Gasteiger partial charge >= 0.3 is 0 Å². The molecule has 30 heavy (non-hydrogen) atoms. The minimum Gasteiger partial charge on any atom is -0.486 e. The summed E-state index contributed by atoms with van der Waals surface area (Å²) in [6.07, 6.45) is 3.06. The van der Waals surface area contributed by atoms with E-state index in [1.165, 1.54) is 0 Å². The van der Waals surface area contributed by atoms with Gasteiger partial charge in [-0.2, -0.15) is 0 Å². The minimum atomic E-state index is -0.0181. The lowest BCUT2D eigenvalue weighted by atomic mass is 9.91. The summed E-state index contributed by atoms with van der Waals surface area (Å²) in [5.41, 5.74) is 1.26. The number of likely N-dealkylation sites (tertiary alicyclic amines) is 1. The smallest absolute Gasteiger partial charge is 0.255 e. The molecule has 2 aliphatic heterocycles. The van der Waals surface area contributed by atoms with Gasteiger partial charge in [-0.3, -0.25) is 9.59 Å². The van der Waals surface area contributed by atoms with Crippen LogP contribution in [0.4, 0.5) is 5.69 Å². The van der Waals surface area contributed by atoms with E-state index in [1.807, 2.05) is 29.2 Å². The zero-order valence-corrected chi connectivity index (χ0v) is 17.5. The molecule has 1 fully saturated rings.